The molecule has 1 amide bonds. The van der Waals surface area contributed by atoms with Gasteiger partial charge < -0.3 is 10.4 Å². The Bertz CT molecular complexity index is 1110. The van der Waals surface area contributed by atoms with Crippen molar-refractivity contribution in [1.82, 2.24) is 15.0 Å². The van der Waals surface area contributed by atoms with E-state index < -0.39 is 17.7 Å². The van der Waals surface area contributed by atoms with E-state index in [4.69, 9.17) is 0 Å². The van der Waals surface area contributed by atoms with E-state index in [2.05, 4.69) is 20.3 Å². The Balaban J connectivity index is 1.60. The van der Waals surface area contributed by atoms with Crippen LogP contribution >= 0.6 is 0 Å². The van der Waals surface area contributed by atoms with Gasteiger partial charge in [0.1, 0.15) is 17.6 Å². The summed E-state index contributed by atoms with van der Waals surface area (Å²) in [5, 5.41) is 15.1. The standard InChI is InChI=1S/C23H25FN4O2/c1-4-23(30,5-2)20-6-13(3)17(12-26-20)19-7-14-11-27-21(8-15(14)10-25-19)28-22(29)16-9-18(16)24/h6-8,10-12,16,18,30H,4-5,9H2,1-3H3,(H,27,28,29)/t16-,18+/m1/s1. The number of pyridine rings is 3. The van der Waals surface area contributed by atoms with Gasteiger partial charge in [-0.05, 0) is 49.9 Å². The summed E-state index contributed by atoms with van der Waals surface area (Å²) in [5.41, 5.74) is 2.37. The Kier molecular flexibility index (Phi) is 5.24. The normalized spacial score (nSPS) is 18.4. The lowest BCUT2D eigenvalue weighted by molar-refractivity contribution is -0.117. The quantitative estimate of drug-likeness (QED) is 0.635. The van der Waals surface area contributed by atoms with Crippen LogP contribution in [0.25, 0.3) is 22.0 Å². The molecule has 30 heavy (non-hydrogen) atoms. The van der Waals surface area contributed by atoms with E-state index in [1.807, 2.05) is 32.9 Å². The lowest BCUT2D eigenvalue weighted by atomic mass is 9.91. The number of aromatic nitrogens is 3. The first-order valence-corrected chi connectivity index (χ1v) is 10.2. The van der Waals surface area contributed by atoms with E-state index in [1.165, 1.54) is 0 Å². The molecular weight excluding hydrogens is 383 g/mol. The lowest BCUT2D eigenvalue weighted by Gasteiger charge is -2.25. The maximum atomic E-state index is 13.0. The maximum absolute atomic E-state index is 13.0. The molecule has 0 aliphatic heterocycles. The van der Waals surface area contributed by atoms with Crippen molar-refractivity contribution in [1.29, 1.82) is 0 Å². The van der Waals surface area contributed by atoms with Crippen LogP contribution in [0.3, 0.4) is 0 Å². The van der Waals surface area contributed by atoms with Crippen LogP contribution in [-0.2, 0) is 10.4 Å². The van der Waals surface area contributed by atoms with Crippen molar-refractivity contribution in [3.05, 3.63) is 48.0 Å². The van der Waals surface area contributed by atoms with Crippen molar-refractivity contribution < 1.29 is 14.3 Å². The van der Waals surface area contributed by atoms with E-state index in [9.17, 15) is 14.3 Å². The number of hydrogen-bond donors (Lipinski definition) is 2. The molecule has 0 aromatic carbocycles. The molecular formula is C23H25FN4O2. The largest absolute Gasteiger partial charge is 0.384 e. The number of nitrogens with one attached hydrogen (secondary N) is 1. The second kappa shape index (κ2) is 7.72. The SMILES string of the molecule is CCC(O)(CC)c1cc(C)c(-c2cc3cnc(NC(=O)[C@@H]4C[C@@H]4F)cc3cn2)cn1. The molecule has 0 unspecified atom stereocenters. The van der Waals surface area contributed by atoms with Gasteiger partial charge in [-0.15, -0.1) is 0 Å². The first-order chi connectivity index (χ1) is 14.3. The number of carbonyl (C=O) groups excluding carboxylic acids is 1. The molecule has 3 aromatic heterocycles. The van der Waals surface area contributed by atoms with Gasteiger partial charge in [0, 0.05) is 34.9 Å². The van der Waals surface area contributed by atoms with Crippen molar-refractivity contribution >= 4 is 22.5 Å². The van der Waals surface area contributed by atoms with Crippen LogP contribution in [0, 0.1) is 12.8 Å². The van der Waals surface area contributed by atoms with Crippen molar-refractivity contribution in [2.75, 3.05) is 5.32 Å². The van der Waals surface area contributed by atoms with E-state index in [1.54, 1.807) is 24.7 Å². The number of aliphatic hydroxyl groups is 1. The number of amides is 1. The number of anilines is 1. The third-order valence-corrected chi connectivity index (χ3v) is 5.94. The van der Waals surface area contributed by atoms with Gasteiger partial charge in [-0.1, -0.05) is 13.8 Å². The average Bonchev–Trinajstić information content (AvgIpc) is 3.49. The Morgan fingerprint density at radius 2 is 1.80 bits per heavy atom. The molecule has 1 aliphatic rings. The summed E-state index contributed by atoms with van der Waals surface area (Å²) in [6.07, 6.45) is 5.58. The summed E-state index contributed by atoms with van der Waals surface area (Å²) < 4.78 is 13.0. The molecule has 7 heteroatoms. The average molecular weight is 408 g/mol. The minimum Gasteiger partial charge on any atom is -0.384 e. The first kappa shape index (κ1) is 20.3. The molecule has 4 rings (SSSR count). The summed E-state index contributed by atoms with van der Waals surface area (Å²) >= 11 is 0. The number of nitrogens with zero attached hydrogens (tertiary/aromatic N) is 3. The Hall–Kier alpha value is -2.93. The highest BCUT2D eigenvalue weighted by molar-refractivity contribution is 5.96. The molecule has 1 aliphatic carbocycles. The molecule has 0 spiro atoms. The van der Waals surface area contributed by atoms with Gasteiger partial charge in [0.2, 0.25) is 5.91 Å². The predicted octanol–water partition coefficient (Wildman–Crippen LogP) is 4.30. The summed E-state index contributed by atoms with van der Waals surface area (Å²) in [6, 6.07) is 5.57. The summed E-state index contributed by atoms with van der Waals surface area (Å²) in [6.45, 7) is 5.87. The zero-order chi connectivity index (χ0) is 21.5. The molecule has 3 heterocycles. The van der Waals surface area contributed by atoms with Crippen molar-refractivity contribution in [3.63, 3.8) is 0 Å². The topological polar surface area (TPSA) is 88.0 Å². The molecule has 6 nitrogen and oxygen atoms in total. The lowest BCUT2D eigenvalue weighted by Crippen LogP contribution is -2.25. The number of fused-ring (bicyclic) bond motifs is 1. The second-order valence-electron chi connectivity index (χ2n) is 7.96. The number of alkyl halides is 1. The second-order valence-corrected chi connectivity index (χ2v) is 7.96. The number of rotatable bonds is 6. The van der Waals surface area contributed by atoms with Gasteiger partial charge in [-0.25, -0.2) is 9.37 Å². The van der Waals surface area contributed by atoms with Crippen molar-refractivity contribution in [2.24, 2.45) is 5.92 Å². The monoisotopic (exact) mass is 408 g/mol. The van der Waals surface area contributed by atoms with Crippen LogP contribution in [0.2, 0.25) is 0 Å². The molecule has 0 bridgehead atoms. The molecule has 3 aromatic rings. The van der Waals surface area contributed by atoms with Crippen LogP contribution in [0.5, 0.6) is 0 Å². The minimum absolute atomic E-state index is 0.282. The molecule has 0 radical (unpaired) electrons. The smallest absolute Gasteiger partial charge is 0.231 e. The summed E-state index contributed by atoms with van der Waals surface area (Å²) in [4.78, 5) is 25.2. The molecule has 2 atom stereocenters. The van der Waals surface area contributed by atoms with Gasteiger partial charge in [0.15, 0.2) is 0 Å². The zero-order valence-corrected chi connectivity index (χ0v) is 17.3. The Labute approximate surface area is 174 Å². The van der Waals surface area contributed by atoms with Gasteiger partial charge in [0.25, 0.3) is 0 Å². The summed E-state index contributed by atoms with van der Waals surface area (Å²) in [5.74, 6) is -0.499. The van der Waals surface area contributed by atoms with E-state index in [0.29, 0.717) is 24.4 Å². The number of carbonyl (C=O) groups is 1. The van der Waals surface area contributed by atoms with Crippen LogP contribution in [0.4, 0.5) is 10.2 Å². The first-order valence-electron chi connectivity index (χ1n) is 10.2. The fourth-order valence-corrected chi connectivity index (χ4v) is 3.60. The fourth-order valence-electron chi connectivity index (χ4n) is 3.60. The highest BCUT2D eigenvalue weighted by atomic mass is 19.1. The van der Waals surface area contributed by atoms with Crippen LogP contribution < -0.4 is 5.32 Å². The molecule has 1 saturated carbocycles. The summed E-state index contributed by atoms with van der Waals surface area (Å²) in [7, 11) is 0. The van der Waals surface area contributed by atoms with Crippen molar-refractivity contribution in [2.45, 2.75) is 51.8 Å². The van der Waals surface area contributed by atoms with Crippen LogP contribution in [-0.4, -0.2) is 32.1 Å². The number of halogens is 1. The zero-order valence-electron chi connectivity index (χ0n) is 17.3. The van der Waals surface area contributed by atoms with Gasteiger partial charge in [0.05, 0.1) is 17.3 Å². The fraction of sp³-hybridized carbons (Fsp3) is 0.391. The van der Waals surface area contributed by atoms with Crippen LogP contribution in [0.15, 0.2) is 36.8 Å². The minimum atomic E-state index is -1.04. The Morgan fingerprint density at radius 3 is 2.43 bits per heavy atom. The predicted molar refractivity (Wildman–Crippen MR) is 114 cm³/mol. The van der Waals surface area contributed by atoms with Gasteiger partial charge in [-0.3, -0.25) is 14.8 Å². The highest BCUT2D eigenvalue weighted by Crippen LogP contribution is 2.35. The van der Waals surface area contributed by atoms with E-state index >= 15 is 0 Å². The number of aryl methyl sites for hydroxylation is 1. The molecule has 1 fully saturated rings. The number of hydrogen-bond acceptors (Lipinski definition) is 5. The van der Waals surface area contributed by atoms with E-state index in [0.717, 1.165) is 27.6 Å². The molecule has 0 saturated heterocycles. The van der Waals surface area contributed by atoms with Gasteiger partial charge >= 0.3 is 0 Å². The van der Waals surface area contributed by atoms with Crippen molar-refractivity contribution in [3.8, 4) is 11.3 Å². The van der Waals surface area contributed by atoms with E-state index in [-0.39, 0.29) is 12.3 Å². The Morgan fingerprint density at radius 1 is 1.13 bits per heavy atom. The molecule has 156 valence electrons. The third-order valence-electron chi connectivity index (χ3n) is 5.94. The third kappa shape index (κ3) is 3.77. The maximum Gasteiger partial charge on any atom is 0.231 e. The molecule has 2 N–H and O–H groups in total. The van der Waals surface area contributed by atoms with Crippen LogP contribution in [0.1, 0.15) is 44.4 Å². The highest BCUT2D eigenvalue weighted by Gasteiger charge is 2.43. The van der Waals surface area contributed by atoms with Gasteiger partial charge in [-0.2, -0.15) is 0 Å².